The van der Waals surface area contributed by atoms with E-state index in [-0.39, 0.29) is 10.6 Å². The van der Waals surface area contributed by atoms with Crippen LogP contribution >= 0.6 is 0 Å². The van der Waals surface area contributed by atoms with Gasteiger partial charge in [0.15, 0.2) is 5.79 Å². The van der Waals surface area contributed by atoms with Gasteiger partial charge in [-0.3, -0.25) is 0 Å². The number of nitrogens with zero attached hydrogens (tertiary/aromatic N) is 1. The first kappa shape index (κ1) is 14.6. The van der Waals surface area contributed by atoms with Crippen LogP contribution in [0.15, 0.2) is 23.1 Å². The Kier molecular flexibility index (Phi) is 3.56. The minimum absolute atomic E-state index is 0.0396. The number of hydrogen-bond acceptors (Lipinski definition) is 6. The van der Waals surface area contributed by atoms with Crippen LogP contribution < -0.4 is 15.8 Å². The molecule has 0 atom stereocenters. The van der Waals surface area contributed by atoms with E-state index in [1.54, 1.807) is 12.1 Å². The minimum Gasteiger partial charge on any atom is -0.398 e. The van der Waals surface area contributed by atoms with Gasteiger partial charge < -0.3 is 20.1 Å². The Hall–Kier alpha value is -1.35. The first-order chi connectivity index (χ1) is 9.90. The maximum atomic E-state index is 11.4. The molecule has 0 unspecified atom stereocenters. The molecule has 3 rings (SSSR count). The molecule has 2 aliphatic rings. The summed E-state index contributed by atoms with van der Waals surface area (Å²) in [6.45, 7) is 2.84. The predicted octanol–water partition coefficient (Wildman–Crippen LogP) is 0.260. The standard InChI is InChI=1S/C13H19N3O4S/c14-11-9-10(1-2-12(11)21(15,17)18)16-5-3-13(4-6-16)19-7-8-20-13/h1-2,9H,3-8,14H2,(H2,15,17,18). The number of anilines is 2. The van der Waals surface area contributed by atoms with Gasteiger partial charge in [-0.2, -0.15) is 0 Å². The Bertz CT molecular complexity index is 631. The van der Waals surface area contributed by atoms with Gasteiger partial charge in [0, 0.05) is 31.6 Å². The lowest BCUT2D eigenvalue weighted by Gasteiger charge is -2.38. The zero-order valence-electron chi connectivity index (χ0n) is 11.6. The van der Waals surface area contributed by atoms with Gasteiger partial charge in [-0.15, -0.1) is 0 Å². The van der Waals surface area contributed by atoms with Crippen molar-refractivity contribution in [1.29, 1.82) is 0 Å². The lowest BCUT2D eigenvalue weighted by molar-refractivity contribution is -0.169. The predicted molar refractivity (Wildman–Crippen MR) is 78.3 cm³/mol. The number of rotatable bonds is 2. The monoisotopic (exact) mass is 313 g/mol. The summed E-state index contributed by atoms with van der Waals surface area (Å²) >= 11 is 0. The summed E-state index contributed by atoms with van der Waals surface area (Å²) in [5.74, 6) is -0.428. The fraction of sp³-hybridized carbons (Fsp3) is 0.538. The minimum atomic E-state index is -3.78. The van der Waals surface area contributed by atoms with Crippen molar-refractivity contribution in [2.45, 2.75) is 23.5 Å². The fourth-order valence-electron chi connectivity index (χ4n) is 2.88. The number of nitrogen functional groups attached to an aromatic ring is 1. The Morgan fingerprint density at radius 2 is 1.76 bits per heavy atom. The summed E-state index contributed by atoms with van der Waals surface area (Å²) in [6.07, 6.45) is 1.56. The van der Waals surface area contributed by atoms with Crippen molar-refractivity contribution in [2.24, 2.45) is 5.14 Å². The van der Waals surface area contributed by atoms with Crippen LogP contribution in [0, 0.1) is 0 Å². The first-order valence-electron chi connectivity index (χ1n) is 6.85. The zero-order chi connectivity index (χ0) is 15.1. The molecule has 7 nitrogen and oxygen atoms in total. The molecule has 0 radical (unpaired) electrons. The lowest BCUT2D eigenvalue weighted by atomic mass is 10.0. The zero-order valence-corrected chi connectivity index (χ0v) is 12.4. The van der Waals surface area contributed by atoms with Crippen molar-refractivity contribution < 1.29 is 17.9 Å². The Labute approximate surface area is 123 Å². The number of benzene rings is 1. The van der Waals surface area contributed by atoms with Crippen LogP contribution in [0.4, 0.5) is 11.4 Å². The molecule has 2 saturated heterocycles. The van der Waals surface area contributed by atoms with Crippen LogP contribution in [0.2, 0.25) is 0 Å². The van der Waals surface area contributed by atoms with E-state index < -0.39 is 15.8 Å². The van der Waals surface area contributed by atoms with E-state index in [0.717, 1.165) is 31.6 Å². The van der Waals surface area contributed by atoms with Crippen molar-refractivity contribution in [1.82, 2.24) is 0 Å². The smallest absolute Gasteiger partial charge is 0.240 e. The molecular formula is C13H19N3O4S. The Balaban J connectivity index is 1.75. The van der Waals surface area contributed by atoms with E-state index in [4.69, 9.17) is 20.3 Å². The summed E-state index contributed by atoms with van der Waals surface area (Å²) in [6, 6.07) is 4.82. The Morgan fingerprint density at radius 3 is 2.29 bits per heavy atom. The highest BCUT2D eigenvalue weighted by Crippen LogP contribution is 2.34. The molecule has 1 aromatic carbocycles. The molecule has 116 valence electrons. The van der Waals surface area contributed by atoms with Crippen molar-refractivity contribution in [3.05, 3.63) is 18.2 Å². The molecule has 0 saturated carbocycles. The maximum absolute atomic E-state index is 11.4. The van der Waals surface area contributed by atoms with Gasteiger partial charge in [-0.05, 0) is 18.2 Å². The third-order valence-electron chi connectivity index (χ3n) is 4.00. The second-order valence-corrected chi connectivity index (χ2v) is 6.89. The van der Waals surface area contributed by atoms with Crippen LogP contribution in [-0.4, -0.2) is 40.5 Å². The number of nitrogens with two attached hydrogens (primary N) is 2. The van der Waals surface area contributed by atoms with Gasteiger partial charge in [0.1, 0.15) is 4.90 Å². The summed E-state index contributed by atoms with van der Waals surface area (Å²) in [7, 11) is -3.78. The SMILES string of the molecule is Nc1cc(N2CCC3(CC2)OCCO3)ccc1S(N)(=O)=O. The molecule has 1 spiro atoms. The number of primary sulfonamides is 1. The summed E-state index contributed by atoms with van der Waals surface area (Å²) in [4.78, 5) is 2.10. The van der Waals surface area contributed by atoms with E-state index in [1.807, 2.05) is 0 Å². The molecule has 0 bridgehead atoms. The van der Waals surface area contributed by atoms with Crippen LogP contribution in [0.3, 0.4) is 0 Å². The van der Waals surface area contributed by atoms with E-state index in [2.05, 4.69) is 4.90 Å². The van der Waals surface area contributed by atoms with Gasteiger partial charge in [0.05, 0.1) is 18.9 Å². The average molecular weight is 313 g/mol. The number of sulfonamides is 1. The summed E-state index contributed by atoms with van der Waals surface area (Å²) in [5.41, 5.74) is 6.85. The van der Waals surface area contributed by atoms with Crippen LogP contribution in [0.5, 0.6) is 0 Å². The summed E-state index contributed by atoms with van der Waals surface area (Å²) < 4.78 is 34.1. The molecule has 8 heteroatoms. The normalized spacial score (nSPS) is 21.9. The molecule has 0 amide bonds. The van der Waals surface area contributed by atoms with Crippen LogP contribution in [-0.2, 0) is 19.5 Å². The van der Waals surface area contributed by atoms with E-state index in [1.165, 1.54) is 6.07 Å². The van der Waals surface area contributed by atoms with Crippen LogP contribution in [0.1, 0.15) is 12.8 Å². The lowest BCUT2D eigenvalue weighted by Crippen LogP contribution is -2.45. The van der Waals surface area contributed by atoms with Gasteiger partial charge in [0.25, 0.3) is 0 Å². The van der Waals surface area contributed by atoms with E-state index >= 15 is 0 Å². The highest BCUT2D eigenvalue weighted by atomic mass is 32.2. The fourth-order valence-corrected chi connectivity index (χ4v) is 3.53. The third kappa shape index (κ3) is 2.84. The van der Waals surface area contributed by atoms with Crippen LogP contribution in [0.25, 0.3) is 0 Å². The molecule has 21 heavy (non-hydrogen) atoms. The van der Waals surface area contributed by atoms with Crippen molar-refractivity contribution >= 4 is 21.4 Å². The van der Waals surface area contributed by atoms with E-state index in [9.17, 15) is 8.42 Å². The molecular weight excluding hydrogens is 294 g/mol. The van der Waals surface area contributed by atoms with Crippen molar-refractivity contribution in [2.75, 3.05) is 36.9 Å². The molecule has 0 aliphatic carbocycles. The highest BCUT2D eigenvalue weighted by molar-refractivity contribution is 7.89. The maximum Gasteiger partial charge on any atom is 0.240 e. The highest BCUT2D eigenvalue weighted by Gasteiger charge is 2.39. The quantitative estimate of drug-likeness (QED) is 0.758. The second kappa shape index (κ2) is 5.13. The van der Waals surface area contributed by atoms with Crippen molar-refractivity contribution in [3.63, 3.8) is 0 Å². The van der Waals surface area contributed by atoms with Gasteiger partial charge in [0.2, 0.25) is 10.0 Å². The molecule has 1 aromatic rings. The molecule has 2 fully saturated rings. The Morgan fingerprint density at radius 1 is 1.14 bits per heavy atom. The van der Waals surface area contributed by atoms with Gasteiger partial charge in [-0.1, -0.05) is 0 Å². The molecule has 2 aliphatic heterocycles. The van der Waals surface area contributed by atoms with Crippen molar-refractivity contribution in [3.8, 4) is 0 Å². The molecule has 2 heterocycles. The van der Waals surface area contributed by atoms with E-state index in [0.29, 0.717) is 13.2 Å². The third-order valence-corrected chi connectivity index (χ3v) is 4.99. The van der Waals surface area contributed by atoms with Gasteiger partial charge >= 0.3 is 0 Å². The topological polar surface area (TPSA) is 108 Å². The average Bonchev–Trinajstić information content (AvgIpc) is 2.86. The number of piperidine rings is 1. The molecule has 4 N–H and O–H groups in total. The van der Waals surface area contributed by atoms with Gasteiger partial charge in [-0.25, -0.2) is 13.6 Å². The number of ether oxygens (including phenoxy) is 2. The largest absolute Gasteiger partial charge is 0.398 e. The summed E-state index contributed by atoms with van der Waals surface area (Å²) in [5, 5.41) is 5.11. The molecule has 0 aromatic heterocycles. The first-order valence-corrected chi connectivity index (χ1v) is 8.39. The number of hydrogen-bond donors (Lipinski definition) is 2. The second-order valence-electron chi connectivity index (χ2n) is 5.36.